The second kappa shape index (κ2) is 4.49. The van der Waals surface area contributed by atoms with Crippen LogP contribution < -0.4 is 9.47 Å². The standard InChI is InChI=1S/C13H15NO3/c1-4-5-9-6-11-12(17-8-16-11)7-10(9)13(15)14(2)3/h4-7H,8H2,1-3H3/b5-4+. The van der Waals surface area contributed by atoms with Crippen LogP contribution >= 0.6 is 0 Å². The molecule has 1 heterocycles. The highest BCUT2D eigenvalue weighted by Gasteiger charge is 2.20. The monoisotopic (exact) mass is 233 g/mol. The van der Waals surface area contributed by atoms with Gasteiger partial charge in [-0.2, -0.15) is 0 Å². The van der Waals surface area contributed by atoms with Gasteiger partial charge in [-0.1, -0.05) is 12.2 Å². The first kappa shape index (κ1) is 11.5. The molecule has 0 spiro atoms. The molecule has 0 atom stereocenters. The predicted octanol–water partition coefficient (Wildman–Crippen LogP) is 2.15. The first-order valence-corrected chi connectivity index (χ1v) is 5.41. The molecule has 0 saturated heterocycles. The van der Waals surface area contributed by atoms with Crippen LogP contribution in [0.3, 0.4) is 0 Å². The van der Waals surface area contributed by atoms with Crippen LogP contribution in [0.1, 0.15) is 22.8 Å². The summed E-state index contributed by atoms with van der Waals surface area (Å²) in [4.78, 5) is 13.6. The van der Waals surface area contributed by atoms with Crippen LogP contribution in [0.5, 0.6) is 11.5 Å². The first-order chi connectivity index (χ1) is 8.13. The molecular weight excluding hydrogens is 218 g/mol. The topological polar surface area (TPSA) is 38.8 Å². The van der Waals surface area contributed by atoms with Gasteiger partial charge in [-0.05, 0) is 24.6 Å². The summed E-state index contributed by atoms with van der Waals surface area (Å²) in [7, 11) is 3.46. The van der Waals surface area contributed by atoms with E-state index in [1.54, 1.807) is 25.1 Å². The van der Waals surface area contributed by atoms with Gasteiger partial charge in [0.05, 0.1) is 5.56 Å². The molecule has 17 heavy (non-hydrogen) atoms. The van der Waals surface area contributed by atoms with Crippen molar-refractivity contribution >= 4 is 12.0 Å². The average Bonchev–Trinajstić information content (AvgIpc) is 2.74. The molecule has 1 amide bonds. The van der Waals surface area contributed by atoms with E-state index in [0.717, 1.165) is 5.56 Å². The molecule has 90 valence electrons. The van der Waals surface area contributed by atoms with E-state index in [1.165, 1.54) is 0 Å². The van der Waals surface area contributed by atoms with Crippen LogP contribution in [-0.4, -0.2) is 31.7 Å². The number of hydrogen-bond acceptors (Lipinski definition) is 3. The molecule has 1 aromatic carbocycles. The largest absolute Gasteiger partial charge is 0.454 e. The molecule has 4 nitrogen and oxygen atoms in total. The smallest absolute Gasteiger partial charge is 0.254 e. The molecule has 0 aromatic heterocycles. The lowest BCUT2D eigenvalue weighted by Gasteiger charge is -2.13. The van der Waals surface area contributed by atoms with Gasteiger partial charge in [0.15, 0.2) is 11.5 Å². The van der Waals surface area contributed by atoms with E-state index in [9.17, 15) is 4.79 Å². The van der Waals surface area contributed by atoms with Crippen molar-refractivity contribution in [2.45, 2.75) is 6.92 Å². The van der Waals surface area contributed by atoms with Crippen LogP contribution in [0, 0.1) is 0 Å². The Labute approximate surface area is 100 Å². The number of ether oxygens (including phenoxy) is 2. The highest BCUT2D eigenvalue weighted by molar-refractivity contribution is 5.98. The van der Waals surface area contributed by atoms with Gasteiger partial charge < -0.3 is 14.4 Å². The zero-order valence-corrected chi connectivity index (χ0v) is 10.2. The van der Waals surface area contributed by atoms with Gasteiger partial charge in [-0.15, -0.1) is 0 Å². The van der Waals surface area contributed by atoms with Crippen molar-refractivity contribution in [3.8, 4) is 11.5 Å². The highest BCUT2D eigenvalue weighted by atomic mass is 16.7. The Kier molecular flexibility index (Phi) is 3.04. The fraction of sp³-hybridized carbons (Fsp3) is 0.308. The van der Waals surface area contributed by atoms with E-state index in [1.807, 2.05) is 25.1 Å². The Balaban J connectivity index is 2.52. The summed E-state index contributed by atoms with van der Waals surface area (Å²) < 4.78 is 10.6. The summed E-state index contributed by atoms with van der Waals surface area (Å²) in [6.45, 7) is 2.12. The minimum Gasteiger partial charge on any atom is -0.454 e. The van der Waals surface area contributed by atoms with Crippen molar-refractivity contribution in [1.29, 1.82) is 0 Å². The molecule has 0 N–H and O–H groups in total. The highest BCUT2D eigenvalue weighted by Crippen LogP contribution is 2.35. The molecule has 1 aliphatic heterocycles. The molecule has 0 saturated carbocycles. The van der Waals surface area contributed by atoms with Crippen molar-refractivity contribution < 1.29 is 14.3 Å². The third-order valence-electron chi connectivity index (χ3n) is 2.53. The van der Waals surface area contributed by atoms with E-state index in [4.69, 9.17) is 9.47 Å². The van der Waals surface area contributed by atoms with Crippen molar-refractivity contribution in [2.75, 3.05) is 20.9 Å². The molecule has 0 bridgehead atoms. The number of rotatable bonds is 2. The maximum absolute atomic E-state index is 12.0. The number of carbonyl (C=O) groups is 1. The second-order valence-corrected chi connectivity index (χ2v) is 3.99. The van der Waals surface area contributed by atoms with Crippen LogP contribution in [0.4, 0.5) is 0 Å². The van der Waals surface area contributed by atoms with E-state index < -0.39 is 0 Å². The predicted molar refractivity (Wildman–Crippen MR) is 65.3 cm³/mol. The van der Waals surface area contributed by atoms with Gasteiger partial charge in [0.25, 0.3) is 5.91 Å². The van der Waals surface area contributed by atoms with E-state index in [2.05, 4.69) is 0 Å². The fourth-order valence-corrected chi connectivity index (χ4v) is 1.70. The Morgan fingerprint density at radius 2 is 1.94 bits per heavy atom. The molecule has 0 fully saturated rings. The number of allylic oxidation sites excluding steroid dienone is 1. The van der Waals surface area contributed by atoms with Gasteiger partial charge in [0.2, 0.25) is 6.79 Å². The molecule has 0 unspecified atom stereocenters. The van der Waals surface area contributed by atoms with Gasteiger partial charge >= 0.3 is 0 Å². The third-order valence-corrected chi connectivity index (χ3v) is 2.53. The summed E-state index contributed by atoms with van der Waals surface area (Å²) >= 11 is 0. The lowest BCUT2D eigenvalue weighted by atomic mass is 10.0. The van der Waals surface area contributed by atoms with Crippen LogP contribution in [0.2, 0.25) is 0 Å². The van der Waals surface area contributed by atoms with Crippen molar-refractivity contribution in [3.05, 3.63) is 29.3 Å². The van der Waals surface area contributed by atoms with Crippen molar-refractivity contribution in [2.24, 2.45) is 0 Å². The molecule has 0 aliphatic carbocycles. The number of benzene rings is 1. The lowest BCUT2D eigenvalue weighted by Crippen LogP contribution is -2.22. The quantitative estimate of drug-likeness (QED) is 0.785. The number of fused-ring (bicyclic) bond motifs is 1. The van der Waals surface area contributed by atoms with Crippen molar-refractivity contribution in [1.82, 2.24) is 4.90 Å². The Morgan fingerprint density at radius 1 is 1.29 bits per heavy atom. The summed E-state index contributed by atoms with van der Waals surface area (Å²) in [5.41, 5.74) is 1.47. The zero-order valence-electron chi connectivity index (χ0n) is 10.2. The van der Waals surface area contributed by atoms with E-state index in [-0.39, 0.29) is 12.7 Å². The number of carbonyl (C=O) groups excluding carboxylic acids is 1. The third kappa shape index (κ3) is 2.11. The van der Waals surface area contributed by atoms with Crippen LogP contribution in [0.15, 0.2) is 18.2 Å². The molecule has 0 radical (unpaired) electrons. The maximum Gasteiger partial charge on any atom is 0.254 e. The van der Waals surface area contributed by atoms with Gasteiger partial charge in [-0.3, -0.25) is 4.79 Å². The van der Waals surface area contributed by atoms with Gasteiger partial charge in [-0.25, -0.2) is 0 Å². The zero-order chi connectivity index (χ0) is 12.4. The lowest BCUT2D eigenvalue weighted by molar-refractivity contribution is 0.0827. The summed E-state index contributed by atoms with van der Waals surface area (Å²) in [6.07, 6.45) is 3.78. The van der Waals surface area contributed by atoms with Gasteiger partial charge in [0.1, 0.15) is 0 Å². The summed E-state index contributed by atoms with van der Waals surface area (Å²) in [5.74, 6) is 1.27. The molecule has 2 rings (SSSR count). The van der Waals surface area contributed by atoms with Crippen LogP contribution in [-0.2, 0) is 0 Å². The summed E-state index contributed by atoms with van der Waals surface area (Å²) in [5, 5.41) is 0. The SMILES string of the molecule is C/C=C/c1cc2c(cc1C(=O)N(C)C)OCO2. The normalized spacial score (nSPS) is 13.1. The number of amides is 1. The minimum atomic E-state index is -0.0450. The van der Waals surface area contributed by atoms with Crippen molar-refractivity contribution in [3.63, 3.8) is 0 Å². The molecule has 1 aromatic rings. The van der Waals surface area contributed by atoms with Crippen LogP contribution in [0.25, 0.3) is 6.08 Å². The Morgan fingerprint density at radius 3 is 2.53 bits per heavy atom. The number of hydrogen-bond donors (Lipinski definition) is 0. The fourth-order valence-electron chi connectivity index (χ4n) is 1.70. The summed E-state index contributed by atoms with van der Waals surface area (Å²) in [6, 6.07) is 3.57. The minimum absolute atomic E-state index is 0.0450. The van der Waals surface area contributed by atoms with E-state index >= 15 is 0 Å². The molecule has 1 aliphatic rings. The Hall–Kier alpha value is -1.97. The molecular formula is C13H15NO3. The van der Waals surface area contributed by atoms with E-state index in [0.29, 0.717) is 17.1 Å². The number of nitrogens with zero attached hydrogens (tertiary/aromatic N) is 1. The maximum atomic E-state index is 12.0. The second-order valence-electron chi connectivity index (χ2n) is 3.99. The van der Waals surface area contributed by atoms with Gasteiger partial charge in [0, 0.05) is 14.1 Å². The average molecular weight is 233 g/mol. The first-order valence-electron chi connectivity index (χ1n) is 5.41. The Bertz CT molecular complexity index is 478. The molecule has 4 heteroatoms.